The molecule has 98 valence electrons. The van der Waals surface area contributed by atoms with Gasteiger partial charge in [-0.1, -0.05) is 52.4 Å². The molecule has 0 amide bonds. The first kappa shape index (κ1) is 17.6. The van der Waals surface area contributed by atoms with Gasteiger partial charge >= 0.3 is 6.18 Å². The van der Waals surface area contributed by atoms with E-state index in [-0.39, 0.29) is 4.47 Å². The van der Waals surface area contributed by atoms with Crippen molar-refractivity contribution in [1.82, 2.24) is 0 Å². The average Bonchev–Trinajstić information content (AvgIpc) is 2.21. The minimum Gasteiger partial charge on any atom is -0.166 e. The summed E-state index contributed by atoms with van der Waals surface area (Å²) >= 11 is 6.57. The summed E-state index contributed by atoms with van der Waals surface area (Å²) in [6.45, 7) is 4.01. The van der Waals surface area contributed by atoms with Crippen molar-refractivity contribution in [3.63, 3.8) is 0 Å². The van der Waals surface area contributed by atoms with Crippen molar-refractivity contribution in [3.8, 4) is 0 Å². The first-order valence-corrected chi connectivity index (χ1v) is 8.22. The highest BCUT2D eigenvalue weighted by atomic mass is 127. The fourth-order valence-electron chi connectivity index (χ4n) is 0.978. The molecule has 0 heterocycles. The standard InChI is InChI=1S/C9H8BrF3S.C2H5I/c1-2-14-6-3-4-8(10)7(5-6)9(11,12)13;1-2-3/h3-5H,2H2,1H3;2H2,1H3. The fraction of sp³-hybridized carbons (Fsp3) is 0.455. The molecule has 6 heteroatoms. The summed E-state index contributed by atoms with van der Waals surface area (Å²) in [5, 5.41) is 0. The van der Waals surface area contributed by atoms with Crippen LogP contribution < -0.4 is 0 Å². The summed E-state index contributed by atoms with van der Waals surface area (Å²) in [5.41, 5.74) is -0.615. The molecule has 1 rings (SSSR count). The average molecular weight is 441 g/mol. The highest BCUT2D eigenvalue weighted by Gasteiger charge is 2.33. The van der Waals surface area contributed by atoms with E-state index in [2.05, 4.69) is 45.4 Å². The van der Waals surface area contributed by atoms with Gasteiger partial charge in [0, 0.05) is 9.37 Å². The van der Waals surface area contributed by atoms with Crippen LogP contribution in [-0.4, -0.2) is 10.2 Å². The number of alkyl halides is 4. The Bertz CT molecular complexity index is 342. The van der Waals surface area contributed by atoms with Crippen molar-refractivity contribution in [2.24, 2.45) is 0 Å². The van der Waals surface area contributed by atoms with Gasteiger partial charge in [-0.05, 0) is 28.4 Å². The molecule has 0 atom stereocenters. The lowest BCUT2D eigenvalue weighted by Crippen LogP contribution is -2.05. The molecule has 0 N–H and O–H groups in total. The van der Waals surface area contributed by atoms with E-state index in [9.17, 15) is 13.2 Å². The normalized spacial score (nSPS) is 10.8. The van der Waals surface area contributed by atoms with Crippen LogP contribution in [0.4, 0.5) is 13.2 Å². The largest absolute Gasteiger partial charge is 0.417 e. The first-order valence-electron chi connectivity index (χ1n) is 4.92. The second kappa shape index (κ2) is 8.63. The van der Waals surface area contributed by atoms with E-state index in [1.807, 2.05) is 6.92 Å². The minimum absolute atomic E-state index is 0.0884. The Morgan fingerprint density at radius 3 is 2.24 bits per heavy atom. The summed E-state index contributed by atoms with van der Waals surface area (Å²) in [7, 11) is 0. The molecule has 0 nitrogen and oxygen atoms in total. The highest BCUT2D eigenvalue weighted by molar-refractivity contribution is 14.1. The molecule has 17 heavy (non-hydrogen) atoms. The van der Waals surface area contributed by atoms with E-state index in [0.29, 0.717) is 4.90 Å². The van der Waals surface area contributed by atoms with Crippen molar-refractivity contribution in [2.45, 2.75) is 24.9 Å². The van der Waals surface area contributed by atoms with Gasteiger partial charge in [0.15, 0.2) is 0 Å². The van der Waals surface area contributed by atoms with Gasteiger partial charge < -0.3 is 0 Å². The maximum atomic E-state index is 12.4. The number of rotatable bonds is 2. The molecule has 0 fully saturated rings. The first-order chi connectivity index (χ1) is 7.86. The summed E-state index contributed by atoms with van der Waals surface area (Å²) in [4.78, 5) is 0.642. The van der Waals surface area contributed by atoms with Gasteiger partial charge in [-0.2, -0.15) is 13.2 Å². The summed E-state index contributed by atoms with van der Waals surface area (Å²) in [6.07, 6.45) is -4.29. The monoisotopic (exact) mass is 440 g/mol. The van der Waals surface area contributed by atoms with Gasteiger partial charge in [-0.15, -0.1) is 11.8 Å². The van der Waals surface area contributed by atoms with Gasteiger partial charge in [0.1, 0.15) is 0 Å². The van der Waals surface area contributed by atoms with Crippen LogP contribution in [0.5, 0.6) is 0 Å². The topological polar surface area (TPSA) is 0 Å². The maximum absolute atomic E-state index is 12.4. The van der Waals surface area contributed by atoms with Gasteiger partial charge in [-0.3, -0.25) is 0 Å². The molecule has 0 spiro atoms. The lowest BCUT2D eigenvalue weighted by atomic mass is 10.2. The Hall–Kier alpha value is 0.570. The predicted molar refractivity (Wildman–Crippen MR) is 80.1 cm³/mol. The molecule has 0 aliphatic rings. The Morgan fingerprint density at radius 2 is 1.82 bits per heavy atom. The summed E-state index contributed by atoms with van der Waals surface area (Å²) in [6, 6.07) is 4.27. The summed E-state index contributed by atoms with van der Waals surface area (Å²) in [5.74, 6) is 0.763. The molecule has 0 aromatic heterocycles. The molecule has 0 unspecified atom stereocenters. The van der Waals surface area contributed by atoms with Crippen molar-refractivity contribution in [1.29, 1.82) is 0 Å². The second-order valence-corrected chi connectivity index (χ2v) is 6.56. The third kappa shape index (κ3) is 6.91. The van der Waals surface area contributed by atoms with Crippen LogP contribution in [0.25, 0.3) is 0 Å². The lowest BCUT2D eigenvalue weighted by Gasteiger charge is -2.10. The zero-order chi connectivity index (χ0) is 13.5. The van der Waals surface area contributed by atoms with Crippen LogP contribution in [0.2, 0.25) is 0 Å². The van der Waals surface area contributed by atoms with Crippen molar-refractivity contribution >= 4 is 50.3 Å². The Balaban J connectivity index is 0.000000770. The number of hydrogen-bond acceptors (Lipinski definition) is 1. The Kier molecular flexibility index (Phi) is 8.92. The molecular formula is C11H13BrF3IS. The molecule has 1 aromatic rings. The Morgan fingerprint density at radius 1 is 1.29 bits per heavy atom. The van der Waals surface area contributed by atoms with Crippen molar-refractivity contribution in [3.05, 3.63) is 28.2 Å². The fourth-order valence-corrected chi connectivity index (χ4v) is 2.15. The highest BCUT2D eigenvalue weighted by Crippen LogP contribution is 2.36. The predicted octanol–water partition coefficient (Wildman–Crippen LogP) is 6.02. The van der Waals surface area contributed by atoms with Crippen LogP contribution in [0.15, 0.2) is 27.6 Å². The maximum Gasteiger partial charge on any atom is 0.417 e. The zero-order valence-electron chi connectivity index (χ0n) is 9.44. The SMILES string of the molecule is CCI.CCSc1ccc(Br)c(C(F)(F)F)c1. The summed E-state index contributed by atoms with van der Waals surface area (Å²) < 4.78 is 38.6. The molecule has 0 radical (unpaired) electrons. The van der Waals surface area contributed by atoms with Crippen LogP contribution >= 0.6 is 50.3 Å². The van der Waals surface area contributed by atoms with E-state index in [4.69, 9.17) is 0 Å². The molecule has 0 saturated carbocycles. The second-order valence-electron chi connectivity index (χ2n) is 2.84. The van der Waals surface area contributed by atoms with Crippen LogP contribution in [0.1, 0.15) is 19.4 Å². The van der Waals surface area contributed by atoms with E-state index >= 15 is 0 Å². The van der Waals surface area contributed by atoms with Crippen molar-refractivity contribution in [2.75, 3.05) is 10.2 Å². The molecule has 1 aromatic carbocycles. The quantitative estimate of drug-likeness (QED) is 0.307. The van der Waals surface area contributed by atoms with Gasteiger partial charge in [0.2, 0.25) is 0 Å². The number of benzene rings is 1. The third-order valence-corrected chi connectivity index (χ3v) is 3.12. The molecule has 0 bridgehead atoms. The van der Waals surface area contributed by atoms with Gasteiger partial charge in [0.05, 0.1) is 5.56 Å². The van der Waals surface area contributed by atoms with E-state index in [1.165, 1.54) is 22.3 Å². The minimum atomic E-state index is -4.29. The van der Waals surface area contributed by atoms with Gasteiger partial charge in [0.25, 0.3) is 0 Å². The number of hydrogen-bond donors (Lipinski definition) is 0. The van der Waals surface area contributed by atoms with Crippen LogP contribution in [-0.2, 0) is 6.18 Å². The third-order valence-electron chi connectivity index (χ3n) is 1.55. The Labute approximate surface area is 126 Å². The lowest BCUT2D eigenvalue weighted by molar-refractivity contribution is -0.138. The van der Waals surface area contributed by atoms with Crippen LogP contribution in [0.3, 0.4) is 0 Å². The molecular weight excluding hydrogens is 428 g/mol. The smallest absolute Gasteiger partial charge is 0.166 e. The zero-order valence-corrected chi connectivity index (χ0v) is 14.0. The molecule has 0 saturated heterocycles. The van der Waals surface area contributed by atoms with Crippen LogP contribution in [0, 0.1) is 0 Å². The molecule has 0 aliphatic carbocycles. The van der Waals surface area contributed by atoms with E-state index in [1.54, 1.807) is 6.07 Å². The van der Waals surface area contributed by atoms with E-state index in [0.717, 1.165) is 11.8 Å². The van der Waals surface area contributed by atoms with E-state index < -0.39 is 11.7 Å². The number of halogens is 5. The van der Waals surface area contributed by atoms with Gasteiger partial charge in [-0.25, -0.2) is 0 Å². The molecule has 0 aliphatic heterocycles. The number of thioether (sulfide) groups is 1. The van der Waals surface area contributed by atoms with Crippen molar-refractivity contribution < 1.29 is 13.2 Å².